The van der Waals surface area contributed by atoms with E-state index < -0.39 is 0 Å². The molecule has 2 aromatic carbocycles. The molecule has 116 valence electrons. The topological polar surface area (TPSA) is 41.1 Å². The third-order valence-electron chi connectivity index (χ3n) is 3.36. The highest BCUT2D eigenvalue weighted by atomic mass is 35.5. The van der Waals surface area contributed by atoms with Gasteiger partial charge < -0.3 is 10.6 Å². The molecule has 2 rings (SSSR count). The SMILES string of the molecule is Cc1cc(C)cc(NCCC(=O)Nc2ccc(C)c(Cl)c2)c1. The summed E-state index contributed by atoms with van der Waals surface area (Å²) in [4.78, 5) is 11.9. The monoisotopic (exact) mass is 316 g/mol. The third-order valence-corrected chi connectivity index (χ3v) is 3.77. The number of carbonyl (C=O) groups excluding carboxylic acids is 1. The minimum Gasteiger partial charge on any atom is -0.385 e. The van der Waals surface area contributed by atoms with Crippen molar-refractivity contribution in [2.45, 2.75) is 27.2 Å². The fraction of sp³-hybridized carbons (Fsp3) is 0.278. The largest absolute Gasteiger partial charge is 0.385 e. The Morgan fingerprint density at radius 2 is 1.68 bits per heavy atom. The smallest absolute Gasteiger partial charge is 0.226 e. The van der Waals surface area contributed by atoms with E-state index >= 15 is 0 Å². The van der Waals surface area contributed by atoms with Gasteiger partial charge in [-0.3, -0.25) is 4.79 Å². The molecular weight excluding hydrogens is 296 g/mol. The Morgan fingerprint density at radius 1 is 1.00 bits per heavy atom. The molecule has 22 heavy (non-hydrogen) atoms. The van der Waals surface area contributed by atoms with Crippen LogP contribution in [0.1, 0.15) is 23.1 Å². The van der Waals surface area contributed by atoms with E-state index in [9.17, 15) is 4.79 Å². The number of hydrogen-bond donors (Lipinski definition) is 2. The maximum Gasteiger partial charge on any atom is 0.226 e. The minimum atomic E-state index is -0.0307. The zero-order chi connectivity index (χ0) is 16.1. The standard InChI is InChI=1S/C18H21ClN2O/c1-12-8-13(2)10-16(9-12)20-7-6-18(22)21-15-5-4-14(3)17(19)11-15/h4-5,8-11,20H,6-7H2,1-3H3,(H,21,22). The molecule has 0 radical (unpaired) electrons. The molecule has 0 unspecified atom stereocenters. The molecule has 0 saturated carbocycles. The van der Waals surface area contributed by atoms with Crippen LogP contribution in [0, 0.1) is 20.8 Å². The van der Waals surface area contributed by atoms with Crippen molar-refractivity contribution >= 4 is 28.9 Å². The van der Waals surface area contributed by atoms with Crippen molar-refractivity contribution in [1.29, 1.82) is 0 Å². The van der Waals surface area contributed by atoms with Crippen molar-refractivity contribution in [3.8, 4) is 0 Å². The second-order valence-corrected chi connectivity index (χ2v) is 5.97. The highest BCUT2D eigenvalue weighted by Gasteiger charge is 2.04. The molecule has 0 bridgehead atoms. The van der Waals surface area contributed by atoms with Gasteiger partial charge in [0, 0.05) is 29.4 Å². The fourth-order valence-electron chi connectivity index (χ4n) is 2.29. The van der Waals surface area contributed by atoms with Crippen LogP contribution in [0.15, 0.2) is 36.4 Å². The fourth-order valence-corrected chi connectivity index (χ4v) is 2.47. The van der Waals surface area contributed by atoms with E-state index in [1.165, 1.54) is 11.1 Å². The summed E-state index contributed by atoms with van der Waals surface area (Å²) in [6.45, 7) is 6.65. The van der Waals surface area contributed by atoms with Crippen LogP contribution in [0.3, 0.4) is 0 Å². The van der Waals surface area contributed by atoms with Gasteiger partial charge in [0.05, 0.1) is 0 Å². The number of aryl methyl sites for hydroxylation is 3. The second-order valence-electron chi connectivity index (χ2n) is 5.57. The van der Waals surface area contributed by atoms with Gasteiger partial charge in [-0.25, -0.2) is 0 Å². The van der Waals surface area contributed by atoms with E-state index in [0.29, 0.717) is 18.0 Å². The van der Waals surface area contributed by atoms with E-state index in [1.807, 2.05) is 19.1 Å². The first-order valence-electron chi connectivity index (χ1n) is 7.32. The van der Waals surface area contributed by atoms with Crippen LogP contribution < -0.4 is 10.6 Å². The zero-order valence-electron chi connectivity index (χ0n) is 13.2. The molecule has 2 N–H and O–H groups in total. The highest BCUT2D eigenvalue weighted by molar-refractivity contribution is 6.31. The molecular formula is C18H21ClN2O. The van der Waals surface area contributed by atoms with Gasteiger partial charge in [-0.15, -0.1) is 0 Å². The lowest BCUT2D eigenvalue weighted by Crippen LogP contribution is -2.16. The van der Waals surface area contributed by atoms with Crippen molar-refractivity contribution in [1.82, 2.24) is 0 Å². The molecule has 0 aliphatic rings. The number of rotatable bonds is 5. The predicted octanol–water partition coefficient (Wildman–Crippen LogP) is 4.71. The molecule has 3 nitrogen and oxygen atoms in total. The molecule has 0 atom stereocenters. The molecule has 1 amide bonds. The first-order chi connectivity index (χ1) is 10.4. The maximum absolute atomic E-state index is 11.9. The van der Waals surface area contributed by atoms with Gasteiger partial charge in [-0.2, -0.15) is 0 Å². The van der Waals surface area contributed by atoms with E-state index in [4.69, 9.17) is 11.6 Å². The van der Waals surface area contributed by atoms with Crippen molar-refractivity contribution in [2.24, 2.45) is 0 Å². The summed E-state index contributed by atoms with van der Waals surface area (Å²) in [6.07, 6.45) is 0.401. The molecule has 0 aromatic heterocycles. The van der Waals surface area contributed by atoms with Crippen LogP contribution >= 0.6 is 11.6 Å². The number of anilines is 2. The molecule has 0 heterocycles. The van der Waals surface area contributed by atoms with Crippen molar-refractivity contribution in [3.63, 3.8) is 0 Å². The van der Waals surface area contributed by atoms with Crippen molar-refractivity contribution in [2.75, 3.05) is 17.2 Å². The van der Waals surface area contributed by atoms with Crippen molar-refractivity contribution < 1.29 is 4.79 Å². The van der Waals surface area contributed by atoms with Gasteiger partial charge in [0.2, 0.25) is 5.91 Å². The predicted molar refractivity (Wildman–Crippen MR) is 93.8 cm³/mol. The van der Waals surface area contributed by atoms with Crippen molar-refractivity contribution in [3.05, 3.63) is 58.1 Å². The number of amides is 1. The number of halogens is 1. The average Bonchev–Trinajstić information content (AvgIpc) is 2.42. The molecule has 0 fully saturated rings. The lowest BCUT2D eigenvalue weighted by molar-refractivity contribution is -0.115. The molecule has 0 aliphatic heterocycles. The average molecular weight is 317 g/mol. The second kappa shape index (κ2) is 7.32. The number of hydrogen-bond acceptors (Lipinski definition) is 2. The van der Waals surface area contributed by atoms with E-state index in [1.54, 1.807) is 6.07 Å². The van der Waals surface area contributed by atoms with Crippen LogP contribution in [0.25, 0.3) is 0 Å². The van der Waals surface area contributed by atoms with Crippen LogP contribution in [-0.2, 0) is 4.79 Å². The lowest BCUT2D eigenvalue weighted by Gasteiger charge is -2.10. The molecule has 4 heteroatoms. The quantitative estimate of drug-likeness (QED) is 0.839. The van der Waals surface area contributed by atoms with Gasteiger partial charge >= 0.3 is 0 Å². The number of nitrogens with one attached hydrogen (secondary N) is 2. The summed E-state index contributed by atoms with van der Waals surface area (Å²) >= 11 is 6.05. The van der Waals surface area contributed by atoms with Gasteiger partial charge in [0.15, 0.2) is 0 Å². The Morgan fingerprint density at radius 3 is 2.32 bits per heavy atom. The molecule has 2 aromatic rings. The molecule has 0 saturated heterocycles. The van der Waals surface area contributed by atoms with Crippen LogP contribution in [0.4, 0.5) is 11.4 Å². The van der Waals surface area contributed by atoms with Gasteiger partial charge in [0.25, 0.3) is 0 Å². The Balaban J connectivity index is 1.83. The summed E-state index contributed by atoms with van der Waals surface area (Å²) in [7, 11) is 0. The van der Waals surface area contributed by atoms with E-state index in [-0.39, 0.29) is 5.91 Å². The minimum absolute atomic E-state index is 0.0307. The van der Waals surface area contributed by atoms with Crippen LogP contribution in [-0.4, -0.2) is 12.5 Å². The third kappa shape index (κ3) is 4.78. The van der Waals surface area contributed by atoms with Gasteiger partial charge in [0.1, 0.15) is 0 Å². The van der Waals surface area contributed by atoms with E-state index in [2.05, 4.69) is 42.7 Å². The Labute approximate surface area is 136 Å². The Hall–Kier alpha value is -2.00. The lowest BCUT2D eigenvalue weighted by atomic mass is 10.1. The van der Waals surface area contributed by atoms with Crippen LogP contribution in [0.5, 0.6) is 0 Å². The summed E-state index contributed by atoms with van der Waals surface area (Å²) < 4.78 is 0. The number of benzene rings is 2. The highest BCUT2D eigenvalue weighted by Crippen LogP contribution is 2.20. The van der Waals surface area contributed by atoms with Gasteiger partial charge in [-0.1, -0.05) is 23.7 Å². The first kappa shape index (κ1) is 16.4. The van der Waals surface area contributed by atoms with Crippen LogP contribution in [0.2, 0.25) is 5.02 Å². The maximum atomic E-state index is 11.9. The first-order valence-corrected chi connectivity index (χ1v) is 7.70. The molecule has 0 aliphatic carbocycles. The summed E-state index contributed by atoms with van der Waals surface area (Å²) in [5.41, 5.74) is 5.19. The zero-order valence-corrected chi connectivity index (χ0v) is 13.9. The molecule has 0 spiro atoms. The summed E-state index contributed by atoms with van der Waals surface area (Å²) in [5.74, 6) is -0.0307. The summed E-state index contributed by atoms with van der Waals surface area (Å²) in [5, 5.41) is 6.79. The Kier molecular flexibility index (Phi) is 5.45. The van der Waals surface area contributed by atoms with Gasteiger partial charge in [-0.05, 0) is 61.7 Å². The Bertz CT molecular complexity index is 663. The number of carbonyl (C=O) groups is 1. The van der Waals surface area contributed by atoms with E-state index in [0.717, 1.165) is 16.9 Å². The summed E-state index contributed by atoms with van der Waals surface area (Å²) in [6, 6.07) is 11.8. The normalized spacial score (nSPS) is 10.4.